The normalized spacial score (nSPS) is 29.5. The van der Waals surface area contributed by atoms with E-state index in [0.717, 1.165) is 43.3 Å². The van der Waals surface area contributed by atoms with Gasteiger partial charge in [0, 0.05) is 44.8 Å². The molecule has 1 aromatic carbocycles. The molecule has 3 fully saturated rings. The maximum atomic E-state index is 13.1. The molecule has 2 saturated heterocycles. The van der Waals surface area contributed by atoms with Crippen LogP contribution in [0.1, 0.15) is 29.6 Å². The van der Waals surface area contributed by atoms with Crippen molar-refractivity contribution in [2.45, 2.75) is 31.4 Å². The third-order valence-corrected chi connectivity index (χ3v) is 6.05. The Hall–Kier alpha value is -1.59. The predicted molar refractivity (Wildman–Crippen MR) is 95.9 cm³/mol. The molecule has 0 radical (unpaired) electrons. The number of likely N-dealkylation sites (tertiary alicyclic amines) is 2. The molecule has 25 heavy (non-hydrogen) atoms. The summed E-state index contributed by atoms with van der Waals surface area (Å²) >= 11 is 0. The summed E-state index contributed by atoms with van der Waals surface area (Å²) in [4.78, 5) is 17.8. The van der Waals surface area contributed by atoms with Gasteiger partial charge < -0.3 is 19.3 Å². The Morgan fingerprint density at radius 1 is 1.12 bits per heavy atom. The number of carbonyl (C=O) groups is 1. The highest BCUT2D eigenvalue weighted by atomic mass is 16.5. The molecular formula is C20H28N2O3. The van der Waals surface area contributed by atoms with Gasteiger partial charge in [0.25, 0.3) is 5.91 Å². The van der Waals surface area contributed by atoms with Crippen LogP contribution in [0.2, 0.25) is 0 Å². The molecular weight excluding hydrogens is 316 g/mol. The number of nitrogens with zero attached hydrogens (tertiary/aromatic N) is 2. The van der Waals surface area contributed by atoms with Crippen molar-refractivity contribution >= 4 is 5.91 Å². The molecule has 0 unspecified atom stereocenters. The molecule has 0 bridgehead atoms. The first-order chi connectivity index (χ1) is 12.2. The van der Waals surface area contributed by atoms with Crippen molar-refractivity contribution in [1.29, 1.82) is 0 Å². The second-order valence-electron chi connectivity index (χ2n) is 7.68. The molecule has 0 N–H and O–H groups in total. The van der Waals surface area contributed by atoms with Crippen molar-refractivity contribution in [3.63, 3.8) is 0 Å². The van der Waals surface area contributed by atoms with Crippen LogP contribution in [-0.2, 0) is 4.74 Å². The van der Waals surface area contributed by atoms with E-state index in [1.807, 2.05) is 31.4 Å². The van der Waals surface area contributed by atoms with Gasteiger partial charge in [0.05, 0.1) is 19.3 Å². The van der Waals surface area contributed by atoms with Crippen LogP contribution in [0.5, 0.6) is 5.75 Å². The van der Waals surface area contributed by atoms with Gasteiger partial charge in [0.2, 0.25) is 0 Å². The number of carbonyl (C=O) groups excluding carboxylic acids is 1. The topological polar surface area (TPSA) is 42.0 Å². The molecule has 1 saturated carbocycles. The minimum atomic E-state index is 0.139. The van der Waals surface area contributed by atoms with E-state index in [0.29, 0.717) is 5.92 Å². The maximum Gasteiger partial charge on any atom is 0.254 e. The second kappa shape index (κ2) is 6.96. The molecule has 2 heterocycles. The highest BCUT2D eigenvalue weighted by Gasteiger charge is 2.46. The minimum absolute atomic E-state index is 0.139. The quantitative estimate of drug-likeness (QED) is 0.822. The van der Waals surface area contributed by atoms with Gasteiger partial charge in [-0.2, -0.15) is 0 Å². The molecule has 5 nitrogen and oxygen atoms in total. The average Bonchev–Trinajstić information content (AvgIpc) is 3.36. The predicted octanol–water partition coefficient (Wildman–Crippen LogP) is 2.27. The first-order valence-electron chi connectivity index (χ1n) is 9.39. The van der Waals surface area contributed by atoms with Gasteiger partial charge >= 0.3 is 0 Å². The molecule has 4 rings (SSSR count). The number of hydrogen-bond donors (Lipinski definition) is 0. The number of fused-ring (bicyclic) bond motifs is 1. The Bertz CT molecular complexity index is 614. The molecule has 1 aromatic rings. The Morgan fingerprint density at radius 3 is 2.52 bits per heavy atom. The number of benzene rings is 1. The highest BCUT2D eigenvalue weighted by molar-refractivity contribution is 5.94. The van der Waals surface area contributed by atoms with E-state index in [-0.39, 0.29) is 18.1 Å². The Labute approximate surface area is 149 Å². The van der Waals surface area contributed by atoms with E-state index in [2.05, 4.69) is 9.80 Å². The fourth-order valence-corrected chi connectivity index (χ4v) is 4.49. The summed E-state index contributed by atoms with van der Waals surface area (Å²) in [6, 6.07) is 7.74. The number of amides is 1. The van der Waals surface area contributed by atoms with Crippen LogP contribution in [0.3, 0.4) is 0 Å². The number of piperidine rings is 1. The van der Waals surface area contributed by atoms with Crippen molar-refractivity contribution in [2.24, 2.45) is 11.8 Å². The fourth-order valence-electron chi connectivity index (χ4n) is 4.49. The van der Waals surface area contributed by atoms with Gasteiger partial charge in [-0.25, -0.2) is 0 Å². The van der Waals surface area contributed by atoms with Crippen molar-refractivity contribution < 1.29 is 14.3 Å². The molecule has 1 amide bonds. The number of ether oxygens (including phenoxy) is 2. The van der Waals surface area contributed by atoms with Gasteiger partial charge in [-0.1, -0.05) is 0 Å². The van der Waals surface area contributed by atoms with Crippen molar-refractivity contribution in [1.82, 2.24) is 9.80 Å². The SMILES string of the molecule is COc1ccc(C(=O)N2CC[C@@H](OC)[C@@H]3CN(CC4CC4)C[C@@H]32)cc1. The summed E-state index contributed by atoms with van der Waals surface area (Å²) in [6.45, 7) is 4.02. The van der Waals surface area contributed by atoms with E-state index in [9.17, 15) is 4.79 Å². The van der Waals surface area contributed by atoms with Crippen LogP contribution in [0.15, 0.2) is 24.3 Å². The van der Waals surface area contributed by atoms with Crippen LogP contribution < -0.4 is 4.74 Å². The lowest BCUT2D eigenvalue weighted by Crippen LogP contribution is -2.53. The molecule has 1 aliphatic carbocycles. The second-order valence-corrected chi connectivity index (χ2v) is 7.68. The van der Waals surface area contributed by atoms with Crippen LogP contribution in [0, 0.1) is 11.8 Å². The van der Waals surface area contributed by atoms with Crippen molar-refractivity contribution in [3.05, 3.63) is 29.8 Å². The number of rotatable bonds is 5. The van der Waals surface area contributed by atoms with E-state index in [4.69, 9.17) is 9.47 Å². The number of hydrogen-bond acceptors (Lipinski definition) is 4. The van der Waals surface area contributed by atoms with Crippen LogP contribution >= 0.6 is 0 Å². The van der Waals surface area contributed by atoms with Crippen molar-refractivity contribution in [2.75, 3.05) is 40.4 Å². The standard InChI is InChI=1S/C20H28N2O3/c1-24-16-7-5-15(6-8-16)20(23)22-10-9-19(25-2)17-12-21(13-18(17)22)11-14-3-4-14/h5-8,14,17-19H,3-4,9-13H2,1-2H3/t17-,18+,19-/m1/s1. The van der Waals surface area contributed by atoms with Gasteiger partial charge in [0.1, 0.15) is 5.75 Å². The van der Waals surface area contributed by atoms with Gasteiger partial charge in [-0.3, -0.25) is 4.79 Å². The molecule has 0 spiro atoms. The maximum absolute atomic E-state index is 13.1. The van der Waals surface area contributed by atoms with E-state index in [1.54, 1.807) is 7.11 Å². The first kappa shape index (κ1) is 16.9. The molecule has 5 heteroatoms. The van der Waals surface area contributed by atoms with Gasteiger partial charge in [0.15, 0.2) is 0 Å². The zero-order valence-corrected chi connectivity index (χ0v) is 15.2. The van der Waals surface area contributed by atoms with Gasteiger partial charge in [-0.05, 0) is 49.4 Å². The summed E-state index contributed by atoms with van der Waals surface area (Å²) in [5, 5.41) is 0. The molecule has 3 atom stereocenters. The summed E-state index contributed by atoms with van der Waals surface area (Å²) in [7, 11) is 3.45. The Balaban J connectivity index is 1.50. The van der Waals surface area contributed by atoms with Crippen LogP contribution in [0.25, 0.3) is 0 Å². The Kier molecular flexibility index (Phi) is 4.69. The summed E-state index contributed by atoms with van der Waals surface area (Å²) in [6.07, 6.45) is 3.94. The smallest absolute Gasteiger partial charge is 0.254 e. The number of methoxy groups -OCH3 is 2. The lowest BCUT2D eigenvalue weighted by molar-refractivity contribution is -0.0156. The van der Waals surface area contributed by atoms with E-state index >= 15 is 0 Å². The Morgan fingerprint density at radius 2 is 1.88 bits per heavy atom. The molecule has 136 valence electrons. The van der Waals surface area contributed by atoms with Crippen LogP contribution in [-0.4, -0.2) is 68.3 Å². The van der Waals surface area contributed by atoms with Gasteiger partial charge in [-0.15, -0.1) is 0 Å². The summed E-state index contributed by atoms with van der Waals surface area (Å²) in [5.74, 6) is 2.23. The third kappa shape index (κ3) is 3.40. The lowest BCUT2D eigenvalue weighted by atomic mass is 9.88. The largest absolute Gasteiger partial charge is 0.497 e. The van der Waals surface area contributed by atoms with E-state index in [1.165, 1.54) is 19.4 Å². The molecule has 0 aromatic heterocycles. The van der Waals surface area contributed by atoms with Crippen LogP contribution in [0.4, 0.5) is 0 Å². The average molecular weight is 344 g/mol. The van der Waals surface area contributed by atoms with Crippen molar-refractivity contribution in [3.8, 4) is 5.75 Å². The monoisotopic (exact) mass is 344 g/mol. The third-order valence-electron chi connectivity index (χ3n) is 6.05. The highest BCUT2D eigenvalue weighted by Crippen LogP contribution is 2.36. The zero-order chi connectivity index (χ0) is 17.4. The fraction of sp³-hybridized carbons (Fsp3) is 0.650. The molecule has 3 aliphatic rings. The lowest BCUT2D eigenvalue weighted by Gasteiger charge is -2.41. The first-order valence-corrected chi connectivity index (χ1v) is 9.39. The van der Waals surface area contributed by atoms with E-state index < -0.39 is 0 Å². The molecule has 2 aliphatic heterocycles. The summed E-state index contributed by atoms with van der Waals surface area (Å²) < 4.78 is 11.0. The zero-order valence-electron chi connectivity index (χ0n) is 15.2. The summed E-state index contributed by atoms with van der Waals surface area (Å²) in [5.41, 5.74) is 0.746. The minimum Gasteiger partial charge on any atom is -0.497 e.